The summed E-state index contributed by atoms with van der Waals surface area (Å²) in [6.45, 7) is 1.41. The van der Waals surface area contributed by atoms with E-state index in [0.29, 0.717) is 12.1 Å². The SMILES string of the molecule is CNCc1ccc2c(ccn2Cc2ccccc2F)c1. The van der Waals surface area contributed by atoms with E-state index in [1.165, 1.54) is 17.0 Å². The lowest BCUT2D eigenvalue weighted by Crippen LogP contribution is -2.05. The van der Waals surface area contributed by atoms with Gasteiger partial charge >= 0.3 is 0 Å². The molecule has 1 N–H and O–H groups in total. The number of fused-ring (bicyclic) bond motifs is 1. The molecule has 1 heterocycles. The molecule has 0 aliphatic carbocycles. The maximum Gasteiger partial charge on any atom is 0.128 e. The molecule has 102 valence electrons. The standard InChI is InChI=1S/C17H17FN2/c1-19-11-13-6-7-17-14(10-13)8-9-20(17)12-15-4-2-3-5-16(15)18/h2-10,19H,11-12H2,1H3. The fraction of sp³-hybridized carbons (Fsp3) is 0.176. The van der Waals surface area contributed by atoms with Gasteiger partial charge in [0.2, 0.25) is 0 Å². The summed E-state index contributed by atoms with van der Waals surface area (Å²) in [4.78, 5) is 0. The molecule has 0 saturated carbocycles. The highest BCUT2D eigenvalue weighted by Gasteiger charge is 2.05. The fourth-order valence-corrected chi connectivity index (χ4v) is 2.51. The van der Waals surface area contributed by atoms with Gasteiger partial charge in [-0.3, -0.25) is 0 Å². The van der Waals surface area contributed by atoms with Gasteiger partial charge in [-0.25, -0.2) is 4.39 Å². The van der Waals surface area contributed by atoms with Crippen LogP contribution in [-0.4, -0.2) is 11.6 Å². The molecule has 2 aromatic carbocycles. The molecule has 20 heavy (non-hydrogen) atoms. The summed E-state index contributed by atoms with van der Waals surface area (Å²) >= 11 is 0. The van der Waals surface area contributed by atoms with E-state index in [1.807, 2.05) is 25.4 Å². The molecule has 2 nitrogen and oxygen atoms in total. The molecule has 0 spiro atoms. The molecule has 0 fully saturated rings. The van der Waals surface area contributed by atoms with Crippen molar-refractivity contribution in [3.63, 3.8) is 0 Å². The summed E-state index contributed by atoms with van der Waals surface area (Å²) in [6.07, 6.45) is 2.01. The van der Waals surface area contributed by atoms with E-state index in [9.17, 15) is 4.39 Å². The average molecular weight is 268 g/mol. The van der Waals surface area contributed by atoms with Crippen LogP contribution in [-0.2, 0) is 13.1 Å². The van der Waals surface area contributed by atoms with E-state index in [0.717, 1.165) is 12.1 Å². The Labute approximate surface area is 117 Å². The van der Waals surface area contributed by atoms with E-state index in [4.69, 9.17) is 0 Å². The van der Waals surface area contributed by atoms with Crippen LogP contribution >= 0.6 is 0 Å². The zero-order chi connectivity index (χ0) is 13.9. The highest BCUT2D eigenvalue weighted by Crippen LogP contribution is 2.20. The number of hydrogen-bond acceptors (Lipinski definition) is 1. The van der Waals surface area contributed by atoms with E-state index in [-0.39, 0.29) is 5.82 Å². The van der Waals surface area contributed by atoms with E-state index >= 15 is 0 Å². The van der Waals surface area contributed by atoms with Gasteiger partial charge in [-0.15, -0.1) is 0 Å². The topological polar surface area (TPSA) is 17.0 Å². The van der Waals surface area contributed by atoms with Crippen LogP contribution in [0.4, 0.5) is 4.39 Å². The van der Waals surface area contributed by atoms with Crippen molar-refractivity contribution in [3.8, 4) is 0 Å². The van der Waals surface area contributed by atoms with Crippen molar-refractivity contribution in [1.29, 1.82) is 0 Å². The quantitative estimate of drug-likeness (QED) is 0.765. The summed E-state index contributed by atoms with van der Waals surface area (Å²) in [5.41, 5.74) is 3.10. The lowest BCUT2D eigenvalue weighted by atomic mass is 10.1. The monoisotopic (exact) mass is 268 g/mol. The van der Waals surface area contributed by atoms with E-state index in [1.54, 1.807) is 6.07 Å². The Morgan fingerprint density at radius 3 is 2.75 bits per heavy atom. The van der Waals surface area contributed by atoms with Gasteiger partial charge in [0.15, 0.2) is 0 Å². The van der Waals surface area contributed by atoms with Crippen LogP contribution < -0.4 is 5.32 Å². The number of halogens is 1. The van der Waals surface area contributed by atoms with Crippen LogP contribution in [0.2, 0.25) is 0 Å². The first-order chi connectivity index (χ1) is 9.78. The van der Waals surface area contributed by atoms with Crippen molar-refractivity contribution in [3.05, 3.63) is 71.7 Å². The van der Waals surface area contributed by atoms with E-state index < -0.39 is 0 Å². The van der Waals surface area contributed by atoms with Crippen molar-refractivity contribution < 1.29 is 4.39 Å². The van der Waals surface area contributed by atoms with Gasteiger partial charge in [0.1, 0.15) is 5.82 Å². The third kappa shape index (κ3) is 2.45. The predicted molar refractivity (Wildman–Crippen MR) is 80.2 cm³/mol. The smallest absolute Gasteiger partial charge is 0.128 e. The van der Waals surface area contributed by atoms with Gasteiger partial charge in [0.25, 0.3) is 0 Å². The number of benzene rings is 2. The second-order valence-electron chi connectivity index (χ2n) is 4.96. The van der Waals surface area contributed by atoms with Crippen molar-refractivity contribution >= 4 is 10.9 Å². The van der Waals surface area contributed by atoms with Gasteiger partial charge in [0.05, 0.1) is 6.54 Å². The lowest BCUT2D eigenvalue weighted by molar-refractivity contribution is 0.602. The summed E-state index contributed by atoms with van der Waals surface area (Å²) in [7, 11) is 1.94. The van der Waals surface area contributed by atoms with Gasteiger partial charge in [0, 0.05) is 23.8 Å². The molecule has 3 aromatic rings. The molecular weight excluding hydrogens is 251 g/mol. The Balaban J connectivity index is 1.95. The number of rotatable bonds is 4. The van der Waals surface area contributed by atoms with Crippen molar-refractivity contribution in [2.45, 2.75) is 13.1 Å². The molecule has 0 atom stereocenters. The predicted octanol–water partition coefficient (Wildman–Crippen LogP) is 3.55. The maximum atomic E-state index is 13.7. The highest BCUT2D eigenvalue weighted by atomic mass is 19.1. The van der Waals surface area contributed by atoms with Gasteiger partial charge in [-0.1, -0.05) is 24.3 Å². The second-order valence-corrected chi connectivity index (χ2v) is 4.96. The van der Waals surface area contributed by atoms with Crippen LogP contribution in [0.3, 0.4) is 0 Å². The van der Waals surface area contributed by atoms with Crippen LogP contribution in [0.5, 0.6) is 0 Å². The Hall–Kier alpha value is -2.13. The van der Waals surface area contributed by atoms with Gasteiger partial charge in [-0.2, -0.15) is 0 Å². The molecule has 0 aliphatic heterocycles. The van der Waals surface area contributed by atoms with Crippen LogP contribution in [0.1, 0.15) is 11.1 Å². The molecule has 3 rings (SSSR count). The third-order valence-corrected chi connectivity index (χ3v) is 3.51. The van der Waals surface area contributed by atoms with Crippen molar-refractivity contribution in [2.24, 2.45) is 0 Å². The van der Waals surface area contributed by atoms with Crippen LogP contribution in [0.25, 0.3) is 10.9 Å². The van der Waals surface area contributed by atoms with Crippen LogP contribution in [0.15, 0.2) is 54.7 Å². The minimum Gasteiger partial charge on any atom is -0.343 e. The molecular formula is C17H17FN2. The molecule has 0 radical (unpaired) electrons. The minimum atomic E-state index is -0.152. The van der Waals surface area contributed by atoms with Gasteiger partial charge in [-0.05, 0) is 42.3 Å². The number of nitrogens with zero attached hydrogens (tertiary/aromatic N) is 1. The highest BCUT2D eigenvalue weighted by molar-refractivity contribution is 5.81. The van der Waals surface area contributed by atoms with Crippen LogP contribution in [0, 0.1) is 5.82 Å². The summed E-state index contributed by atoms with van der Waals surface area (Å²) < 4.78 is 15.8. The number of nitrogens with one attached hydrogen (secondary N) is 1. The van der Waals surface area contributed by atoms with Crippen molar-refractivity contribution in [2.75, 3.05) is 7.05 Å². The summed E-state index contributed by atoms with van der Waals surface area (Å²) in [5, 5.41) is 4.34. The Bertz CT molecular complexity index is 731. The molecule has 0 aliphatic rings. The molecule has 0 bridgehead atoms. The normalized spacial score (nSPS) is 11.1. The third-order valence-electron chi connectivity index (χ3n) is 3.51. The average Bonchev–Trinajstić information content (AvgIpc) is 2.84. The lowest BCUT2D eigenvalue weighted by Gasteiger charge is -2.07. The Kier molecular flexibility index (Phi) is 3.52. The molecule has 0 unspecified atom stereocenters. The zero-order valence-corrected chi connectivity index (χ0v) is 11.4. The number of aromatic nitrogens is 1. The molecule has 1 aromatic heterocycles. The first-order valence-corrected chi connectivity index (χ1v) is 6.74. The van der Waals surface area contributed by atoms with Gasteiger partial charge < -0.3 is 9.88 Å². The molecule has 0 saturated heterocycles. The summed E-state index contributed by atoms with van der Waals surface area (Å²) in [5.74, 6) is -0.152. The van der Waals surface area contributed by atoms with Crippen molar-refractivity contribution in [1.82, 2.24) is 9.88 Å². The first-order valence-electron chi connectivity index (χ1n) is 6.74. The molecule has 3 heteroatoms. The Morgan fingerprint density at radius 2 is 1.95 bits per heavy atom. The molecule has 0 amide bonds. The summed E-state index contributed by atoms with van der Waals surface area (Å²) in [6, 6.07) is 15.4. The second kappa shape index (κ2) is 5.47. The minimum absolute atomic E-state index is 0.152. The largest absolute Gasteiger partial charge is 0.343 e. The van der Waals surface area contributed by atoms with E-state index in [2.05, 4.69) is 34.1 Å². The zero-order valence-electron chi connectivity index (χ0n) is 11.4. The number of hydrogen-bond donors (Lipinski definition) is 1. The maximum absolute atomic E-state index is 13.7. The Morgan fingerprint density at radius 1 is 1.10 bits per heavy atom. The first kappa shape index (κ1) is 12.9. The fourth-order valence-electron chi connectivity index (χ4n) is 2.51.